The summed E-state index contributed by atoms with van der Waals surface area (Å²) < 4.78 is 6.18. The van der Waals surface area contributed by atoms with Crippen LogP contribution in [-0.2, 0) is 11.3 Å². The van der Waals surface area contributed by atoms with E-state index in [0.717, 1.165) is 24.8 Å². The van der Waals surface area contributed by atoms with E-state index in [1.165, 1.54) is 5.19 Å². The van der Waals surface area contributed by atoms with Crippen LogP contribution in [0.3, 0.4) is 0 Å². The second kappa shape index (κ2) is 8.79. The van der Waals surface area contributed by atoms with E-state index in [-0.39, 0.29) is 6.10 Å². The zero-order chi connectivity index (χ0) is 18.3. The molecule has 136 valence electrons. The lowest BCUT2D eigenvalue weighted by atomic mass is 10.1. The van der Waals surface area contributed by atoms with Gasteiger partial charge in [-0.1, -0.05) is 98.7 Å². The summed E-state index contributed by atoms with van der Waals surface area (Å²) in [6.45, 7) is 9.28. The summed E-state index contributed by atoms with van der Waals surface area (Å²) in [5, 5.41) is 12.3. The van der Waals surface area contributed by atoms with Crippen molar-refractivity contribution in [1.29, 1.82) is 0 Å². The quantitative estimate of drug-likeness (QED) is 0.662. The molecule has 0 saturated heterocycles. The Balaban J connectivity index is 2.23. The van der Waals surface area contributed by atoms with E-state index in [1.54, 1.807) is 0 Å². The van der Waals surface area contributed by atoms with Crippen molar-refractivity contribution in [3.63, 3.8) is 0 Å². The molecule has 0 saturated carbocycles. The third-order valence-corrected chi connectivity index (χ3v) is 10.1. The Kier molecular flexibility index (Phi) is 7.00. The van der Waals surface area contributed by atoms with Crippen LogP contribution in [0.4, 0.5) is 0 Å². The molecule has 0 aromatic heterocycles. The maximum absolute atomic E-state index is 11.8. The summed E-state index contributed by atoms with van der Waals surface area (Å²) in [6, 6.07) is 20.7. The Bertz CT molecular complexity index is 627. The molecule has 3 heteroatoms. The topological polar surface area (TPSA) is 29.5 Å². The molecule has 0 aliphatic heterocycles. The van der Waals surface area contributed by atoms with Gasteiger partial charge in [-0.25, -0.2) is 0 Å². The second-order valence-electron chi connectivity index (χ2n) is 7.46. The highest BCUT2D eigenvalue weighted by Gasteiger charge is 2.50. The number of benzene rings is 2. The van der Waals surface area contributed by atoms with Crippen molar-refractivity contribution in [3.05, 3.63) is 66.2 Å². The smallest absolute Gasteiger partial charge is 0.120 e. The summed E-state index contributed by atoms with van der Waals surface area (Å²) in [4.78, 5) is 0. The summed E-state index contributed by atoms with van der Waals surface area (Å²) in [6.07, 6.45) is 2.67. The van der Waals surface area contributed by atoms with Crippen molar-refractivity contribution in [1.82, 2.24) is 0 Å². The van der Waals surface area contributed by atoms with Crippen LogP contribution in [-0.4, -0.2) is 24.5 Å². The fourth-order valence-corrected chi connectivity index (χ4v) is 6.94. The Morgan fingerprint density at radius 1 is 1.00 bits per heavy atom. The van der Waals surface area contributed by atoms with Crippen molar-refractivity contribution in [2.24, 2.45) is 0 Å². The van der Waals surface area contributed by atoms with Crippen LogP contribution in [0.15, 0.2) is 60.7 Å². The fraction of sp³-hybridized carbons (Fsp3) is 0.455. The van der Waals surface area contributed by atoms with Crippen LogP contribution in [0.1, 0.15) is 38.7 Å². The van der Waals surface area contributed by atoms with Crippen LogP contribution in [0.5, 0.6) is 0 Å². The van der Waals surface area contributed by atoms with Gasteiger partial charge in [0.1, 0.15) is 8.07 Å². The minimum Gasteiger partial charge on any atom is -0.390 e. The highest BCUT2D eigenvalue weighted by atomic mass is 28.3. The fourth-order valence-electron chi connectivity index (χ4n) is 3.51. The number of unbranched alkanes of at least 4 members (excludes halogenated alkanes) is 1. The lowest BCUT2D eigenvalue weighted by molar-refractivity contribution is -0.0690. The van der Waals surface area contributed by atoms with Gasteiger partial charge < -0.3 is 9.84 Å². The first-order valence-electron chi connectivity index (χ1n) is 9.35. The number of aliphatic hydroxyl groups is 1. The van der Waals surface area contributed by atoms with Gasteiger partial charge in [0.15, 0.2) is 0 Å². The van der Waals surface area contributed by atoms with Crippen molar-refractivity contribution in [2.75, 3.05) is 0 Å². The number of rotatable bonds is 9. The highest BCUT2D eigenvalue weighted by molar-refractivity contribution is 6.92. The van der Waals surface area contributed by atoms with Crippen molar-refractivity contribution >= 4 is 13.3 Å². The van der Waals surface area contributed by atoms with E-state index in [2.05, 4.69) is 56.4 Å². The van der Waals surface area contributed by atoms with E-state index in [9.17, 15) is 5.11 Å². The van der Waals surface area contributed by atoms with E-state index >= 15 is 0 Å². The number of hydrogen-bond donors (Lipinski definition) is 1. The van der Waals surface area contributed by atoms with Crippen molar-refractivity contribution in [3.8, 4) is 0 Å². The Morgan fingerprint density at radius 2 is 1.56 bits per heavy atom. The molecule has 0 fully saturated rings. The Morgan fingerprint density at radius 3 is 2.12 bits per heavy atom. The molecule has 0 bridgehead atoms. The molecular formula is C22H32O2Si. The molecule has 0 heterocycles. The number of hydrogen-bond acceptors (Lipinski definition) is 2. The van der Waals surface area contributed by atoms with Crippen LogP contribution >= 0.6 is 0 Å². The molecule has 0 radical (unpaired) electrons. The predicted molar refractivity (Wildman–Crippen MR) is 109 cm³/mol. The molecule has 0 aliphatic rings. The molecule has 25 heavy (non-hydrogen) atoms. The van der Waals surface area contributed by atoms with E-state index in [4.69, 9.17) is 4.74 Å². The highest BCUT2D eigenvalue weighted by Crippen LogP contribution is 2.32. The maximum Gasteiger partial charge on any atom is 0.120 e. The van der Waals surface area contributed by atoms with Gasteiger partial charge in [0.2, 0.25) is 0 Å². The normalized spacial score (nSPS) is 15.6. The maximum atomic E-state index is 11.8. The zero-order valence-corrected chi connectivity index (χ0v) is 17.0. The molecule has 2 nitrogen and oxygen atoms in total. The summed E-state index contributed by atoms with van der Waals surface area (Å²) in [5.41, 5.74) is 1.14. The van der Waals surface area contributed by atoms with Gasteiger partial charge in [0, 0.05) is 0 Å². The summed E-state index contributed by atoms with van der Waals surface area (Å²) in [5.74, 6) is 0. The minimum atomic E-state index is -2.14. The predicted octanol–water partition coefficient (Wildman–Crippen LogP) is 4.67. The third kappa shape index (κ3) is 4.60. The summed E-state index contributed by atoms with van der Waals surface area (Å²) in [7, 11) is -2.14. The van der Waals surface area contributed by atoms with E-state index in [0.29, 0.717) is 6.61 Å². The van der Waals surface area contributed by atoms with Crippen LogP contribution < -0.4 is 5.19 Å². The van der Waals surface area contributed by atoms with Crippen LogP contribution in [0.2, 0.25) is 13.1 Å². The average molecular weight is 357 g/mol. The van der Waals surface area contributed by atoms with Gasteiger partial charge >= 0.3 is 0 Å². The van der Waals surface area contributed by atoms with Gasteiger partial charge in [-0.05, 0) is 18.9 Å². The lowest BCUT2D eigenvalue weighted by Gasteiger charge is -2.45. The van der Waals surface area contributed by atoms with Gasteiger partial charge in [-0.2, -0.15) is 0 Å². The minimum absolute atomic E-state index is 0.207. The monoisotopic (exact) mass is 356 g/mol. The first kappa shape index (κ1) is 19.9. The molecule has 0 aliphatic carbocycles. The first-order chi connectivity index (χ1) is 11.9. The Hall–Kier alpha value is -1.42. The molecule has 2 rings (SSSR count). The van der Waals surface area contributed by atoms with Crippen molar-refractivity contribution < 1.29 is 9.84 Å². The zero-order valence-electron chi connectivity index (χ0n) is 16.0. The van der Waals surface area contributed by atoms with E-state index < -0.39 is 13.3 Å². The SMILES string of the molecule is CCCCC(O)([C@@H](C)OCc1ccccc1)[Si](C)(C)c1ccccc1. The molecule has 2 aromatic rings. The molecular weight excluding hydrogens is 324 g/mol. The molecule has 0 amide bonds. The number of ether oxygens (including phenoxy) is 1. The molecule has 2 atom stereocenters. The van der Waals surface area contributed by atoms with Gasteiger partial charge in [-0.3, -0.25) is 0 Å². The third-order valence-electron chi connectivity index (χ3n) is 5.50. The summed E-state index contributed by atoms with van der Waals surface area (Å²) >= 11 is 0. The molecule has 1 N–H and O–H groups in total. The van der Waals surface area contributed by atoms with E-state index in [1.807, 2.05) is 31.2 Å². The second-order valence-corrected chi connectivity index (χ2v) is 12.2. The first-order valence-corrected chi connectivity index (χ1v) is 12.3. The Labute approximate surface area is 153 Å². The van der Waals surface area contributed by atoms with Gasteiger partial charge in [-0.15, -0.1) is 0 Å². The largest absolute Gasteiger partial charge is 0.390 e. The van der Waals surface area contributed by atoms with Crippen LogP contribution in [0.25, 0.3) is 0 Å². The van der Waals surface area contributed by atoms with Crippen LogP contribution in [0, 0.1) is 0 Å². The lowest BCUT2D eigenvalue weighted by Crippen LogP contribution is -2.67. The van der Waals surface area contributed by atoms with Gasteiger partial charge in [0.05, 0.1) is 17.9 Å². The van der Waals surface area contributed by atoms with Gasteiger partial charge in [0.25, 0.3) is 0 Å². The van der Waals surface area contributed by atoms with Crippen molar-refractivity contribution in [2.45, 2.75) is 64.1 Å². The molecule has 1 unspecified atom stereocenters. The molecule has 0 spiro atoms. The standard InChI is InChI=1S/C22H32O2Si/c1-5-6-17-22(23,25(3,4)21-15-11-8-12-16-21)19(2)24-18-20-13-9-7-10-14-20/h7-16,19,23H,5-6,17-18H2,1-4H3/t19-,22?/m1/s1. The average Bonchev–Trinajstić information content (AvgIpc) is 2.65. The molecule has 2 aromatic carbocycles.